The number of aromatic nitrogens is 2. The zero-order valence-corrected chi connectivity index (χ0v) is 22.2. The number of aliphatic hydroxyl groups is 1. The number of imidazole rings is 1. The van der Waals surface area contributed by atoms with E-state index >= 15 is 0 Å². The first-order valence-electron chi connectivity index (χ1n) is 12.3. The van der Waals surface area contributed by atoms with Crippen molar-refractivity contribution in [2.45, 2.75) is 37.1 Å². The number of para-hydroxylation sites is 1. The van der Waals surface area contributed by atoms with E-state index in [2.05, 4.69) is 19.8 Å². The summed E-state index contributed by atoms with van der Waals surface area (Å²) in [6.07, 6.45) is -6.90. The lowest BCUT2D eigenvalue weighted by Crippen LogP contribution is -2.30. The first kappa shape index (κ1) is 28.4. The topological polar surface area (TPSA) is 120 Å². The van der Waals surface area contributed by atoms with Crippen molar-refractivity contribution in [2.75, 3.05) is 12.4 Å². The number of nitrogens with one attached hydrogen (secondary N) is 1. The van der Waals surface area contributed by atoms with Crippen molar-refractivity contribution < 1.29 is 45.4 Å². The smallest absolute Gasteiger partial charge is 0.395 e. The van der Waals surface area contributed by atoms with E-state index in [1.165, 1.54) is 67.6 Å². The Balaban J connectivity index is 1.41. The van der Waals surface area contributed by atoms with E-state index < -0.39 is 46.9 Å². The van der Waals surface area contributed by atoms with Gasteiger partial charge in [-0.15, -0.1) is 8.78 Å². The molecule has 0 saturated heterocycles. The van der Waals surface area contributed by atoms with E-state index in [-0.39, 0.29) is 50.9 Å². The fraction of sp³-hybridized carbons (Fsp3) is 0.259. The summed E-state index contributed by atoms with van der Waals surface area (Å²) in [5.41, 5.74) is 0.937. The van der Waals surface area contributed by atoms with Gasteiger partial charge < -0.3 is 24.5 Å². The minimum absolute atomic E-state index is 0.0534. The van der Waals surface area contributed by atoms with E-state index in [4.69, 9.17) is 0 Å². The Bertz CT molecular complexity index is 1730. The van der Waals surface area contributed by atoms with Crippen LogP contribution in [-0.4, -0.2) is 47.6 Å². The van der Waals surface area contributed by atoms with E-state index in [1.54, 1.807) is 0 Å². The molecule has 0 bridgehead atoms. The second kappa shape index (κ2) is 10.7. The summed E-state index contributed by atoms with van der Waals surface area (Å²) in [7, 11) is -3.43. The number of fused-ring (bicyclic) bond motifs is 2. The van der Waals surface area contributed by atoms with Crippen LogP contribution in [-0.2, 0) is 16.4 Å². The van der Waals surface area contributed by atoms with E-state index in [0.29, 0.717) is 5.56 Å². The molecule has 3 aromatic carbocycles. The summed E-state index contributed by atoms with van der Waals surface area (Å²) < 4.78 is 89.4. The van der Waals surface area contributed by atoms with Crippen molar-refractivity contribution in [1.82, 2.24) is 14.9 Å². The molecule has 1 atom stereocenters. The van der Waals surface area contributed by atoms with Gasteiger partial charge >= 0.3 is 6.29 Å². The average Bonchev–Trinajstić information content (AvgIpc) is 3.47. The van der Waals surface area contributed by atoms with Crippen LogP contribution in [0.15, 0.2) is 65.6 Å². The number of hydrogen-bond acceptors (Lipinski definition) is 7. The second-order valence-electron chi connectivity index (χ2n) is 9.15. The van der Waals surface area contributed by atoms with Crippen LogP contribution in [0.1, 0.15) is 46.7 Å². The monoisotopic (exact) mass is 593 g/mol. The molecule has 41 heavy (non-hydrogen) atoms. The van der Waals surface area contributed by atoms with Crippen LogP contribution in [0.3, 0.4) is 0 Å². The minimum atomic E-state index is -3.88. The van der Waals surface area contributed by atoms with Gasteiger partial charge in [-0.2, -0.15) is 0 Å². The molecule has 0 fully saturated rings. The fourth-order valence-electron chi connectivity index (χ4n) is 4.49. The molecule has 1 aromatic heterocycles. The van der Waals surface area contributed by atoms with E-state index in [0.717, 1.165) is 4.57 Å². The lowest BCUT2D eigenvalue weighted by atomic mass is 10.1. The van der Waals surface area contributed by atoms with Crippen LogP contribution in [0.2, 0.25) is 0 Å². The van der Waals surface area contributed by atoms with Crippen LogP contribution < -0.4 is 14.8 Å². The summed E-state index contributed by atoms with van der Waals surface area (Å²) in [4.78, 5) is 17.1. The van der Waals surface area contributed by atoms with Gasteiger partial charge in [-0.05, 0) is 42.0 Å². The number of sulfone groups is 1. The second-order valence-corrected chi connectivity index (χ2v) is 11.4. The molecule has 4 aromatic rings. The largest absolute Gasteiger partial charge is 0.586 e. The molecular formula is C27H23F4N3O6S. The first-order valence-corrected chi connectivity index (χ1v) is 14.0. The number of halogens is 4. The number of ether oxygens (including phenoxy) is 2. The Labute approximate surface area is 231 Å². The van der Waals surface area contributed by atoms with Crippen LogP contribution in [0.25, 0.3) is 11.0 Å². The molecule has 0 radical (unpaired) electrons. The molecule has 0 unspecified atom stereocenters. The Morgan fingerprint density at radius 3 is 2.49 bits per heavy atom. The molecule has 0 spiro atoms. The number of nitrogens with zero attached hydrogens (tertiary/aromatic N) is 2. The van der Waals surface area contributed by atoms with Crippen molar-refractivity contribution in [3.63, 3.8) is 0 Å². The third kappa shape index (κ3) is 5.57. The third-order valence-corrected chi connectivity index (χ3v) is 8.33. The van der Waals surface area contributed by atoms with Gasteiger partial charge in [0, 0.05) is 11.1 Å². The van der Waals surface area contributed by atoms with Crippen molar-refractivity contribution in [1.29, 1.82) is 0 Å². The van der Waals surface area contributed by atoms with Crippen molar-refractivity contribution in [3.05, 3.63) is 83.2 Å². The lowest BCUT2D eigenvalue weighted by Gasteiger charge is -2.17. The quantitative estimate of drug-likeness (QED) is 0.272. The maximum Gasteiger partial charge on any atom is 0.586 e. The van der Waals surface area contributed by atoms with Gasteiger partial charge in [0.05, 0.1) is 40.9 Å². The molecule has 2 heterocycles. The molecule has 1 amide bonds. The SMILES string of the molecule is CCS(=O)(=O)c1ccc([C@H](CO)NC(=O)c2ccc3c(c2)nc(C(F)F)n3Cc2cccc3c2OC(F)(F)O3)cc1. The Morgan fingerprint density at radius 2 is 1.83 bits per heavy atom. The van der Waals surface area contributed by atoms with Crippen LogP contribution in [0, 0.1) is 0 Å². The summed E-state index contributed by atoms with van der Waals surface area (Å²) in [5, 5.41) is 12.5. The molecular weight excluding hydrogens is 570 g/mol. The van der Waals surface area contributed by atoms with Crippen LogP contribution in [0.4, 0.5) is 17.6 Å². The molecule has 9 nitrogen and oxygen atoms in total. The van der Waals surface area contributed by atoms with Gasteiger partial charge in [-0.1, -0.05) is 31.2 Å². The highest BCUT2D eigenvalue weighted by molar-refractivity contribution is 7.91. The number of hydrogen-bond donors (Lipinski definition) is 2. The predicted octanol–water partition coefficient (Wildman–Crippen LogP) is 4.60. The summed E-state index contributed by atoms with van der Waals surface area (Å²) in [6.45, 7) is 0.729. The van der Waals surface area contributed by atoms with Crippen molar-refractivity contribution >= 4 is 26.8 Å². The Kier molecular flexibility index (Phi) is 7.38. The molecule has 0 saturated carbocycles. The molecule has 2 N–H and O–H groups in total. The molecule has 5 rings (SSSR count). The maximum absolute atomic E-state index is 14.0. The van der Waals surface area contributed by atoms with Crippen molar-refractivity contribution in [2.24, 2.45) is 0 Å². The molecule has 0 aliphatic carbocycles. The standard InChI is InChI=1S/C27H23F4N3O6S/c1-2-41(37,38)18-9-6-15(7-10-18)20(14-35)33-26(36)16-8-11-21-19(12-16)32-25(24(28)29)34(21)13-17-4-3-5-22-23(17)40-27(30,31)39-22/h3-12,20,24,35H,2,13-14H2,1H3,(H,33,36)/t20-/m0/s1. The molecule has 1 aliphatic rings. The normalized spacial score (nSPS) is 14.9. The number of benzene rings is 3. The maximum atomic E-state index is 14.0. The van der Waals surface area contributed by atoms with Crippen LogP contribution >= 0.6 is 0 Å². The zero-order chi connectivity index (χ0) is 29.5. The molecule has 216 valence electrons. The molecule has 1 aliphatic heterocycles. The Hall–Kier alpha value is -4.17. The minimum Gasteiger partial charge on any atom is -0.395 e. The lowest BCUT2D eigenvalue weighted by molar-refractivity contribution is -0.287. The van der Waals surface area contributed by atoms with Gasteiger partial charge in [0.2, 0.25) is 0 Å². The highest BCUT2D eigenvalue weighted by Crippen LogP contribution is 2.44. The number of alkyl halides is 4. The van der Waals surface area contributed by atoms with Gasteiger partial charge in [-0.25, -0.2) is 22.2 Å². The average molecular weight is 594 g/mol. The Morgan fingerprint density at radius 1 is 1.10 bits per heavy atom. The van der Waals surface area contributed by atoms with E-state index in [1.807, 2.05) is 0 Å². The number of carbonyl (C=O) groups excluding carboxylic acids is 1. The van der Waals surface area contributed by atoms with Gasteiger partial charge in [-0.3, -0.25) is 4.79 Å². The highest BCUT2D eigenvalue weighted by atomic mass is 32.2. The first-order chi connectivity index (χ1) is 19.4. The highest BCUT2D eigenvalue weighted by Gasteiger charge is 2.44. The summed E-state index contributed by atoms with van der Waals surface area (Å²) in [5.74, 6) is -1.86. The number of rotatable bonds is 9. The fourth-order valence-corrected chi connectivity index (χ4v) is 5.38. The van der Waals surface area contributed by atoms with Gasteiger partial charge in [0.15, 0.2) is 27.2 Å². The number of amides is 1. The number of aliphatic hydroxyl groups excluding tert-OH is 1. The van der Waals surface area contributed by atoms with Gasteiger partial charge in [0.25, 0.3) is 12.3 Å². The van der Waals surface area contributed by atoms with Crippen LogP contribution in [0.5, 0.6) is 11.5 Å². The summed E-state index contributed by atoms with van der Waals surface area (Å²) >= 11 is 0. The summed E-state index contributed by atoms with van der Waals surface area (Å²) in [6, 6.07) is 13.0. The van der Waals surface area contributed by atoms with Crippen molar-refractivity contribution in [3.8, 4) is 11.5 Å². The predicted molar refractivity (Wildman–Crippen MR) is 138 cm³/mol. The van der Waals surface area contributed by atoms with Gasteiger partial charge in [0.1, 0.15) is 0 Å². The molecule has 14 heteroatoms. The number of carbonyl (C=O) groups is 1. The third-order valence-electron chi connectivity index (χ3n) is 6.58. The zero-order valence-electron chi connectivity index (χ0n) is 21.4. The van der Waals surface area contributed by atoms with E-state index in [9.17, 15) is 35.9 Å².